The Morgan fingerprint density at radius 3 is 2.52 bits per heavy atom. The molecule has 0 atom stereocenters. The number of halogens is 3. The first-order valence-electron chi connectivity index (χ1n) is 9.41. The van der Waals surface area contributed by atoms with Gasteiger partial charge >= 0.3 is 12.1 Å². The van der Waals surface area contributed by atoms with Crippen molar-refractivity contribution >= 4 is 46.3 Å². The standard InChI is InChI=1S/C21H16F3N3O5S/c1-2-32-18(29)11-27-19(30)17(33-20(27)31)9-12-8-15(6-7-16(12)28)26-25-14-5-3-4-13(10-14)21(22,23)24/h3-10,28H,2,11H2,1H3/b17-9-,26-25?. The van der Waals surface area contributed by atoms with Crippen molar-refractivity contribution in [3.8, 4) is 5.75 Å². The molecule has 1 heterocycles. The number of hydrogen-bond acceptors (Lipinski definition) is 8. The smallest absolute Gasteiger partial charge is 0.416 e. The van der Waals surface area contributed by atoms with Crippen molar-refractivity contribution in [3.63, 3.8) is 0 Å². The van der Waals surface area contributed by atoms with Crippen molar-refractivity contribution < 1.29 is 37.4 Å². The second-order valence-corrected chi connectivity index (χ2v) is 7.56. The lowest BCUT2D eigenvalue weighted by Gasteiger charge is -2.10. The maximum atomic E-state index is 12.8. The number of thioether (sulfide) groups is 1. The number of ether oxygens (including phenoxy) is 1. The summed E-state index contributed by atoms with van der Waals surface area (Å²) in [6, 6.07) is 8.26. The number of imide groups is 1. The quantitative estimate of drug-likeness (QED) is 0.336. The number of azo groups is 1. The highest BCUT2D eigenvalue weighted by Gasteiger charge is 2.36. The molecule has 3 rings (SSSR count). The molecule has 33 heavy (non-hydrogen) atoms. The van der Waals surface area contributed by atoms with Gasteiger partial charge in [0.25, 0.3) is 11.1 Å². The summed E-state index contributed by atoms with van der Waals surface area (Å²) in [6.45, 7) is 1.15. The van der Waals surface area contributed by atoms with E-state index in [2.05, 4.69) is 10.2 Å². The van der Waals surface area contributed by atoms with Crippen LogP contribution < -0.4 is 0 Å². The number of benzene rings is 2. The maximum absolute atomic E-state index is 12.8. The van der Waals surface area contributed by atoms with Crippen molar-refractivity contribution in [1.82, 2.24) is 4.90 Å². The number of carbonyl (C=O) groups is 3. The van der Waals surface area contributed by atoms with E-state index in [0.29, 0.717) is 11.8 Å². The van der Waals surface area contributed by atoms with Gasteiger partial charge in [-0.3, -0.25) is 19.3 Å². The number of rotatable bonds is 6. The second-order valence-electron chi connectivity index (χ2n) is 6.56. The van der Waals surface area contributed by atoms with Gasteiger partial charge in [-0.05, 0) is 61.2 Å². The molecule has 0 radical (unpaired) electrons. The van der Waals surface area contributed by atoms with Gasteiger partial charge in [0.2, 0.25) is 0 Å². The van der Waals surface area contributed by atoms with Gasteiger partial charge in [0.15, 0.2) is 0 Å². The van der Waals surface area contributed by atoms with E-state index in [9.17, 15) is 32.7 Å². The van der Waals surface area contributed by atoms with Gasteiger partial charge in [-0.1, -0.05) is 6.07 Å². The summed E-state index contributed by atoms with van der Waals surface area (Å²) < 4.78 is 43.2. The van der Waals surface area contributed by atoms with E-state index in [1.165, 1.54) is 36.4 Å². The van der Waals surface area contributed by atoms with Crippen molar-refractivity contribution in [3.05, 3.63) is 58.5 Å². The molecule has 0 aliphatic carbocycles. The number of carbonyl (C=O) groups excluding carboxylic acids is 3. The number of nitrogens with zero attached hydrogens (tertiary/aromatic N) is 3. The van der Waals surface area contributed by atoms with Gasteiger partial charge in [0, 0.05) is 5.56 Å². The molecule has 2 aromatic carbocycles. The second kappa shape index (κ2) is 9.86. The van der Waals surface area contributed by atoms with Crippen LogP contribution in [0.5, 0.6) is 5.75 Å². The SMILES string of the molecule is CCOC(=O)CN1C(=O)S/C(=C\c2cc(N=Nc3cccc(C(F)(F)F)c3)ccc2O)C1=O. The maximum Gasteiger partial charge on any atom is 0.416 e. The zero-order valence-electron chi connectivity index (χ0n) is 17.0. The van der Waals surface area contributed by atoms with Crippen LogP contribution in [0, 0.1) is 0 Å². The van der Waals surface area contributed by atoms with Gasteiger partial charge in [-0.2, -0.15) is 23.4 Å². The van der Waals surface area contributed by atoms with E-state index < -0.39 is 35.4 Å². The molecule has 1 aliphatic rings. The average molecular weight is 479 g/mol. The van der Waals surface area contributed by atoms with Crippen molar-refractivity contribution in [2.75, 3.05) is 13.2 Å². The minimum absolute atomic E-state index is 0.0282. The van der Waals surface area contributed by atoms with Crippen LogP contribution in [0.2, 0.25) is 0 Å². The Bertz CT molecular complexity index is 1160. The number of esters is 1. The van der Waals surface area contributed by atoms with E-state index in [0.717, 1.165) is 17.0 Å². The summed E-state index contributed by atoms with van der Waals surface area (Å²) >= 11 is 0.584. The first kappa shape index (κ1) is 24.0. The number of hydrogen-bond donors (Lipinski definition) is 1. The monoisotopic (exact) mass is 479 g/mol. The van der Waals surface area contributed by atoms with Crippen LogP contribution in [0.4, 0.5) is 29.3 Å². The van der Waals surface area contributed by atoms with Crippen LogP contribution in [0.1, 0.15) is 18.1 Å². The summed E-state index contributed by atoms with van der Waals surface area (Å²) in [5, 5.41) is 17.1. The molecule has 8 nitrogen and oxygen atoms in total. The van der Waals surface area contributed by atoms with Crippen LogP contribution in [0.3, 0.4) is 0 Å². The van der Waals surface area contributed by atoms with E-state index >= 15 is 0 Å². The molecule has 0 spiro atoms. The molecular formula is C21H16F3N3O5S. The molecule has 1 saturated heterocycles. The normalized spacial score (nSPS) is 15.6. The third-order valence-corrected chi connectivity index (χ3v) is 5.13. The number of phenolic OH excluding ortho intramolecular Hbond substituents is 1. The Kier molecular flexibility index (Phi) is 7.16. The van der Waals surface area contributed by atoms with Crippen molar-refractivity contribution in [2.24, 2.45) is 10.2 Å². The van der Waals surface area contributed by atoms with Crippen LogP contribution >= 0.6 is 11.8 Å². The van der Waals surface area contributed by atoms with Gasteiger partial charge in [-0.15, -0.1) is 0 Å². The Morgan fingerprint density at radius 1 is 1.15 bits per heavy atom. The molecule has 0 saturated carbocycles. The molecule has 2 aromatic rings. The highest BCUT2D eigenvalue weighted by Crippen LogP contribution is 2.35. The predicted molar refractivity (Wildman–Crippen MR) is 113 cm³/mol. The zero-order chi connectivity index (χ0) is 24.2. The average Bonchev–Trinajstić information content (AvgIpc) is 3.01. The predicted octanol–water partition coefficient (Wildman–Crippen LogP) is 5.43. The van der Waals surface area contributed by atoms with Crippen LogP contribution in [0.25, 0.3) is 6.08 Å². The lowest BCUT2D eigenvalue weighted by atomic mass is 10.1. The lowest BCUT2D eigenvalue weighted by molar-refractivity contribution is -0.146. The van der Waals surface area contributed by atoms with Crippen LogP contribution in [-0.2, 0) is 20.5 Å². The van der Waals surface area contributed by atoms with Gasteiger partial charge in [0.1, 0.15) is 12.3 Å². The third-order valence-electron chi connectivity index (χ3n) is 4.22. The third kappa shape index (κ3) is 5.98. The van der Waals surface area contributed by atoms with Crippen LogP contribution in [0.15, 0.2) is 57.6 Å². The molecule has 0 unspecified atom stereocenters. The molecule has 1 aliphatic heterocycles. The fourth-order valence-corrected chi connectivity index (χ4v) is 3.52. The van der Waals surface area contributed by atoms with Crippen molar-refractivity contribution in [1.29, 1.82) is 0 Å². The Hall–Kier alpha value is -3.67. The minimum Gasteiger partial charge on any atom is -0.507 e. The van der Waals surface area contributed by atoms with E-state index in [1.54, 1.807) is 6.92 Å². The summed E-state index contributed by atoms with van der Waals surface area (Å²) in [6.07, 6.45) is -3.28. The first-order chi connectivity index (χ1) is 15.6. The van der Waals surface area contributed by atoms with Gasteiger partial charge < -0.3 is 9.84 Å². The van der Waals surface area contributed by atoms with E-state index in [-0.39, 0.29) is 34.2 Å². The van der Waals surface area contributed by atoms with Gasteiger partial charge in [-0.25, -0.2) is 0 Å². The molecule has 1 fully saturated rings. The zero-order valence-corrected chi connectivity index (χ0v) is 17.8. The summed E-state index contributed by atoms with van der Waals surface area (Å²) in [5.41, 5.74) is -0.595. The summed E-state index contributed by atoms with van der Waals surface area (Å²) in [5.74, 6) is -1.69. The van der Waals surface area contributed by atoms with Crippen LogP contribution in [-0.4, -0.2) is 40.3 Å². The topological polar surface area (TPSA) is 109 Å². The van der Waals surface area contributed by atoms with E-state index in [1.807, 2.05) is 0 Å². The highest BCUT2D eigenvalue weighted by atomic mass is 32.2. The largest absolute Gasteiger partial charge is 0.507 e. The van der Waals surface area contributed by atoms with Gasteiger partial charge in [0.05, 0.1) is 28.5 Å². The Morgan fingerprint density at radius 2 is 1.85 bits per heavy atom. The van der Waals surface area contributed by atoms with Crippen molar-refractivity contribution in [2.45, 2.75) is 13.1 Å². The molecule has 2 amide bonds. The fraction of sp³-hybridized carbons (Fsp3) is 0.190. The minimum atomic E-state index is -4.52. The Balaban J connectivity index is 1.82. The summed E-state index contributed by atoms with van der Waals surface area (Å²) in [4.78, 5) is 36.8. The van der Waals surface area contributed by atoms with E-state index in [4.69, 9.17) is 4.74 Å². The number of alkyl halides is 3. The fourth-order valence-electron chi connectivity index (χ4n) is 2.69. The number of phenols is 1. The molecule has 172 valence electrons. The molecular weight excluding hydrogens is 463 g/mol. The molecule has 0 bridgehead atoms. The number of aromatic hydroxyl groups is 1. The Labute approximate surface area is 189 Å². The lowest BCUT2D eigenvalue weighted by Crippen LogP contribution is -2.34. The number of amides is 2. The summed E-state index contributed by atoms with van der Waals surface area (Å²) in [7, 11) is 0. The highest BCUT2D eigenvalue weighted by molar-refractivity contribution is 8.18. The molecule has 1 N–H and O–H groups in total. The molecule has 12 heteroatoms. The molecule has 0 aromatic heterocycles. The first-order valence-corrected chi connectivity index (χ1v) is 10.2.